The average Bonchev–Trinajstić information content (AvgIpc) is 3.05. The summed E-state index contributed by atoms with van der Waals surface area (Å²) in [6.07, 6.45) is 3.85. The molecule has 1 amide bonds. The molecule has 8 heteroatoms. The van der Waals surface area contributed by atoms with Gasteiger partial charge in [-0.2, -0.15) is 0 Å². The summed E-state index contributed by atoms with van der Waals surface area (Å²) in [4.78, 5) is 33.6. The van der Waals surface area contributed by atoms with Crippen molar-refractivity contribution in [3.63, 3.8) is 0 Å². The molecule has 2 aromatic rings. The van der Waals surface area contributed by atoms with Crippen LogP contribution in [0.25, 0.3) is 5.76 Å². The number of aromatic nitrogens is 1. The van der Waals surface area contributed by atoms with Gasteiger partial charge in [0.2, 0.25) is 0 Å². The number of amides is 1. The van der Waals surface area contributed by atoms with Gasteiger partial charge in [-0.05, 0) is 48.4 Å². The molecule has 3 heterocycles. The second-order valence-electron chi connectivity index (χ2n) is 7.59. The van der Waals surface area contributed by atoms with Crippen LogP contribution in [-0.4, -0.2) is 71.0 Å². The summed E-state index contributed by atoms with van der Waals surface area (Å²) in [5.41, 5.74) is 0.977. The number of aliphatic hydroxyl groups excluding tert-OH is 1. The number of likely N-dealkylation sites (tertiary alicyclic amines) is 1. The predicted octanol–water partition coefficient (Wildman–Crippen LogP) is 2.36. The highest BCUT2D eigenvalue weighted by molar-refractivity contribution is 6.46. The minimum absolute atomic E-state index is 0.00850. The van der Waals surface area contributed by atoms with Gasteiger partial charge in [0.1, 0.15) is 11.6 Å². The summed E-state index contributed by atoms with van der Waals surface area (Å²) in [5.74, 6) is -2.15. The summed E-state index contributed by atoms with van der Waals surface area (Å²) in [6.45, 7) is 4.23. The van der Waals surface area contributed by atoms with Crippen molar-refractivity contribution < 1.29 is 23.8 Å². The van der Waals surface area contributed by atoms with Crippen molar-refractivity contribution in [3.8, 4) is 0 Å². The second-order valence-corrected chi connectivity index (χ2v) is 7.59. The summed E-state index contributed by atoms with van der Waals surface area (Å²) in [5, 5.41) is 10.9. The van der Waals surface area contributed by atoms with Crippen LogP contribution in [0.4, 0.5) is 4.39 Å². The fraction of sp³-hybridized carbons (Fsp3) is 0.348. The number of hydrogen-bond acceptors (Lipinski definition) is 6. The molecule has 1 unspecified atom stereocenters. The standard InChI is InChI=1S/C23H24FN3O4/c24-18-4-2-17(3-5-18)21(28)19-20(16-6-8-25-9-7-16)27(23(30)22(19)29)11-1-10-26-12-14-31-15-13-26/h2-9,20,28H,1,10-15H2/b21-19+. The Kier molecular flexibility index (Phi) is 6.39. The molecule has 0 bridgehead atoms. The predicted molar refractivity (Wildman–Crippen MR) is 112 cm³/mol. The highest BCUT2D eigenvalue weighted by Crippen LogP contribution is 2.39. The van der Waals surface area contributed by atoms with Gasteiger partial charge in [-0.3, -0.25) is 19.5 Å². The van der Waals surface area contributed by atoms with Crippen LogP contribution in [0.3, 0.4) is 0 Å². The molecule has 1 N–H and O–H groups in total. The highest BCUT2D eigenvalue weighted by Gasteiger charge is 2.45. The number of ether oxygens (including phenoxy) is 1. The first-order valence-electron chi connectivity index (χ1n) is 10.3. The number of ketones is 1. The van der Waals surface area contributed by atoms with E-state index in [9.17, 15) is 19.1 Å². The molecule has 2 aliphatic rings. The lowest BCUT2D eigenvalue weighted by Gasteiger charge is -2.29. The van der Waals surface area contributed by atoms with E-state index in [1.54, 1.807) is 24.5 Å². The zero-order chi connectivity index (χ0) is 21.8. The van der Waals surface area contributed by atoms with E-state index in [1.165, 1.54) is 29.2 Å². The zero-order valence-corrected chi connectivity index (χ0v) is 17.0. The number of Topliss-reactive ketones (excluding diaryl/α,β-unsaturated/α-hetero) is 1. The fourth-order valence-electron chi connectivity index (χ4n) is 4.06. The van der Waals surface area contributed by atoms with Gasteiger partial charge in [-0.1, -0.05) is 0 Å². The zero-order valence-electron chi connectivity index (χ0n) is 17.0. The Morgan fingerprint density at radius 2 is 1.74 bits per heavy atom. The number of rotatable bonds is 6. The Labute approximate surface area is 179 Å². The maximum absolute atomic E-state index is 13.3. The van der Waals surface area contributed by atoms with E-state index in [4.69, 9.17) is 4.74 Å². The van der Waals surface area contributed by atoms with Crippen molar-refractivity contribution in [2.45, 2.75) is 12.5 Å². The molecule has 2 saturated heterocycles. The number of aliphatic hydroxyl groups is 1. The number of morpholine rings is 1. The van der Waals surface area contributed by atoms with Crippen molar-refractivity contribution in [3.05, 3.63) is 71.3 Å². The van der Waals surface area contributed by atoms with Gasteiger partial charge in [0.05, 0.1) is 24.8 Å². The number of carbonyl (C=O) groups excluding carboxylic acids is 2. The summed E-state index contributed by atoms with van der Waals surface area (Å²) in [6, 6.07) is 7.91. The van der Waals surface area contributed by atoms with E-state index in [0.29, 0.717) is 31.7 Å². The Balaban J connectivity index is 1.64. The van der Waals surface area contributed by atoms with E-state index >= 15 is 0 Å². The van der Waals surface area contributed by atoms with Crippen LogP contribution in [0.1, 0.15) is 23.6 Å². The summed E-state index contributed by atoms with van der Waals surface area (Å²) in [7, 11) is 0. The highest BCUT2D eigenvalue weighted by atomic mass is 19.1. The lowest BCUT2D eigenvalue weighted by atomic mass is 9.96. The fourth-order valence-corrected chi connectivity index (χ4v) is 4.06. The largest absolute Gasteiger partial charge is 0.507 e. The van der Waals surface area contributed by atoms with Crippen molar-refractivity contribution in [1.82, 2.24) is 14.8 Å². The van der Waals surface area contributed by atoms with E-state index in [0.717, 1.165) is 19.6 Å². The Hall–Kier alpha value is -3.10. The van der Waals surface area contributed by atoms with E-state index in [2.05, 4.69) is 9.88 Å². The maximum Gasteiger partial charge on any atom is 0.295 e. The number of hydrogen-bond donors (Lipinski definition) is 1. The first-order valence-corrected chi connectivity index (χ1v) is 10.3. The van der Waals surface area contributed by atoms with Gasteiger partial charge >= 0.3 is 0 Å². The molecule has 1 aromatic heterocycles. The molecule has 0 spiro atoms. The molecule has 0 saturated carbocycles. The number of benzene rings is 1. The molecule has 4 rings (SSSR count). The van der Waals surface area contributed by atoms with Crippen molar-refractivity contribution >= 4 is 17.4 Å². The van der Waals surface area contributed by atoms with Crippen molar-refractivity contribution in [1.29, 1.82) is 0 Å². The Bertz CT molecular complexity index is 972. The van der Waals surface area contributed by atoms with Crippen LogP contribution in [-0.2, 0) is 14.3 Å². The summed E-state index contributed by atoms with van der Waals surface area (Å²) >= 11 is 0. The minimum Gasteiger partial charge on any atom is -0.507 e. The van der Waals surface area contributed by atoms with E-state index in [1.807, 2.05) is 0 Å². The van der Waals surface area contributed by atoms with Crippen LogP contribution in [0, 0.1) is 5.82 Å². The lowest BCUT2D eigenvalue weighted by Crippen LogP contribution is -2.38. The molecule has 0 aliphatic carbocycles. The molecule has 162 valence electrons. The molecular formula is C23H24FN3O4. The minimum atomic E-state index is -0.741. The number of nitrogens with zero attached hydrogens (tertiary/aromatic N) is 3. The molecule has 1 atom stereocenters. The van der Waals surface area contributed by atoms with Gasteiger partial charge in [0, 0.05) is 44.1 Å². The van der Waals surface area contributed by atoms with E-state index < -0.39 is 23.5 Å². The third-order valence-corrected chi connectivity index (χ3v) is 5.66. The average molecular weight is 425 g/mol. The van der Waals surface area contributed by atoms with Crippen molar-refractivity contribution in [2.24, 2.45) is 0 Å². The van der Waals surface area contributed by atoms with Crippen LogP contribution in [0.5, 0.6) is 0 Å². The molecule has 1 aromatic carbocycles. The first-order chi connectivity index (χ1) is 15.1. The molecule has 2 aliphatic heterocycles. The molecule has 2 fully saturated rings. The molecule has 7 nitrogen and oxygen atoms in total. The Morgan fingerprint density at radius 3 is 2.42 bits per heavy atom. The van der Waals surface area contributed by atoms with Gasteiger partial charge in [0.15, 0.2) is 0 Å². The second kappa shape index (κ2) is 9.36. The molecule has 0 radical (unpaired) electrons. The SMILES string of the molecule is O=C1C(=O)N(CCCN2CCOCC2)C(c2ccncc2)/C1=C(\O)c1ccc(F)cc1. The third kappa shape index (κ3) is 4.50. The van der Waals surface area contributed by atoms with Crippen molar-refractivity contribution in [2.75, 3.05) is 39.4 Å². The maximum atomic E-state index is 13.3. The molecular weight excluding hydrogens is 401 g/mol. The van der Waals surface area contributed by atoms with Crippen LogP contribution in [0.2, 0.25) is 0 Å². The van der Waals surface area contributed by atoms with Gasteiger partial charge in [-0.15, -0.1) is 0 Å². The normalized spacial score (nSPS) is 21.6. The number of carbonyl (C=O) groups is 2. The molecule has 31 heavy (non-hydrogen) atoms. The van der Waals surface area contributed by atoms with Crippen LogP contribution >= 0.6 is 0 Å². The van der Waals surface area contributed by atoms with Gasteiger partial charge in [0.25, 0.3) is 11.7 Å². The monoisotopic (exact) mass is 425 g/mol. The van der Waals surface area contributed by atoms with Crippen LogP contribution < -0.4 is 0 Å². The summed E-state index contributed by atoms with van der Waals surface area (Å²) < 4.78 is 18.7. The Morgan fingerprint density at radius 1 is 1.06 bits per heavy atom. The lowest BCUT2D eigenvalue weighted by molar-refractivity contribution is -0.140. The topological polar surface area (TPSA) is 83.0 Å². The number of pyridine rings is 1. The van der Waals surface area contributed by atoms with Gasteiger partial charge in [-0.25, -0.2) is 4.39 Å². The van der Waals surface area contributed by atoms with Crippen LogP contribution in [0.15, 0.2) is 54.4 Å². The third-order valence-electron chi connectivity index (χ3n) is 5.66. The van der Waals surface area contributed by atoms with E-state index in [-0.39, 0.29) is 16.9 Å². The van der Waals surface area contributed by atoms with Gasteiger partial charge < -0.3 is 14.7 Å². The first kappa shape index (κ1) is 21.1. The smallest absolute Gasteiger partial charge is 0.295 e. The number of halogens is 1. The quantitative estimate of drug-likeness (QED) is 0.435.